The summed E-state index contributed by atoms with van der Waals surface area (Å²) in [5.74, 6) is 0.491. The molecule has 0 bridgehead atoms. The second-order valence-corrected chi connectivity index (χ2v) is 5.64. The fourth-order valence-corrected chi connectivity index (χ4v) is 2.60. The number of hydrogen-bond acceptors (Lipinski definition) is 2. The van der Waals surface area contributed by atoms with Gasteiger partial charge in [0.05, 0.1) is 11.6 Å². The lowest BCUT2D eigenvalue weighted by atomic mass is 10.2. The monoisotopic (exact) mass is 360 g/mol. The predicted molar refractivity (Wildman–Crippen MR) is 80.9 cm³/mol. The maximum Gasteiger partial charge on any atom is 0.143 e. The molecule has 0 atom stereocenters. The third-order valence-electron chi connectivity index (χ3n) is 2.61. The van der Waals surface area contributed by atoms with E-state index in [-0.39, 0.29) is 6.61 Å². The number of benzene rings is 2. The first-order chi connectivity index (χ1) is 9.11. The number of aliphatic hydroxyl groups is 1. The maximum absolute atomic E-state index is 9.26. The van der Waals surface area contributed by atoms with Gasteiger partial charge in [-0.2, -0.15) is 0 Å². The smallest absolute Gasteiger partial charge is 0.143 e. The minimum absolute atomic E-state index is 0.121. The summed E-state index contributed by atoms with van der Waals surface area (Å²) >= 11 is 15.5. The topological polar surface area (TPSA) is 29.5 Å². The van der Waals surface area contributed by atoms with Gasteiger partial charge in [-0.25, -0.2) is 0 Å². The van der Waals surface area contributed by atoms with Crippen LogP contribution < -0.4 is 4.74 Å². The van der Waals surface area contributed by atoms with Crippen LogP contribution in [0.2, 0.25) is 10.0 Å². The Balaban J connectivity index is 2.19. The van der Waals surface area contributed by atoms with Crippen LogP contribution in [0.25, 0.3) is 0 Å². The molecule has 0 aliphatic rings. The average Bonchev–Trinajstić information content (AvgIpc) is 2.39. The number of rotatable bonds is 4. The second-order valence-electron chi connectivity index (χ2n) is 3.91. The predicted octanol–water partition coefficient (Wildman–Crippen LogP) is 4.83. The Kier molecular flexibility index (Phi) is 5.11. The minimum atomic E-state index is -0.121. The molecule has 2 nitrogen and oxygen atoms in total. The molecule has 19 heavy (non-hydrogen) atoms. The molecule has 2 aromatic rings. The molecule has 0 fully saturated rings. The van der Waals surface area contributed by atoms with Crippen molar-refractivity contribution in [1.82, 2.24) is 0 Å². The molecular formula is C14H11BrCl2O2. The number of halogens is 3. The first kappa shape index (κ1) is 14.7. The van der Waals surface area contributed by atoms with Gasteiger partial charge in [-0.05, 0) is 18.2 Å². The molecule has 100 valence electrons. The van der Waals surface area contributed by atoms with Gasteiger partial charge in [0.1, 0.15) is 12.4 Å². The molecule has 2 aromatic carbocycles. The highest BCUT2D eigenvalue weighted by Gasteiger charge is 2.09. The van der Waals surface area contributed by atoms with Gasteiger partial charge in [-0.15, -0.1) is 0 Å². The molecule has 0 saturated heterocycles. The van der Waals surface area contributed by atoms with E-state index in [0.29, 0.717) is 28.0 Å². The lowest BCUT2D eigenvalue weighted by molar-refractivity contribution is 0.259. The molecule has 0 radical (unpaired) electrons. The summed E-state index contributed by atoms with van der Waals surface area (Å²) in [5.41, 5.74) is 1.51. The third-order valence-corrected chi connectivity index (χ3v) is 3.75. The van der Waals surface area contributed by atoms with Crippen LogP contribution in [0, 0.1) is 0 Å². The van der Waals surface area contributed by atoms with Gasteiger partial charge in [0.2, 0.25) is 0 Å². The van der Waals surface area contributed by atoms with Crippen molar-refractivity contribution in [2.45, 2.75) is 13.2 Å². The first-order valence-electron chi connectivity index (χ1n) is 5.57. The summed E-state index contributed by atoms with van der Waals surface area (Å²) in [6, 6.07) is 10.8. The fraction of sp³-hybridized carbons (Fsp3) is 0.143. The number of aliphatic hydroxyl groups excluding tert-OH is 1. The Morgan fingerprint density at radius 3 is 2.53 bits per heavy atom. The Bertz CT molecular complexity index is 588. The van der Waals surface area contributed by atoms with Crippen LogP contribution in [0.4, 0.5) is 0 Å². The van der Waals surface area contributed by atoms with E-state index in [2.05, 4.69) is 15.9 Å². The number of para-hydroxylation sites is 1. The fourth-order valence-electron chi connectivity index (χ4n) is 1.63. The molecule has 0 heterocycles. The van der Waals surface area contributed by atoms with Crippen LogP contribution >= 0.6 is 39.1 Å². The molecule has 1 N–H and O–H groups in total. The molecule has 0 aliphatic heterocycles. The van der Waals surface area contributed by atoms with Crippen LogP contribution in [-0.4, -0.2) is 5.11 Å². The van der Waals surface area contributed by atoms with Crippen molar-refractivity contribution in [2.75, 3.05) is 0 Å². The molecule has 0 saturated carbocycles. The van der Waals surface area contributed by atoms with Crippen LogP contribution in [0.3, 0.4) is 0 Å². The molecule has 0 unspecified atom stereocenters. The SMILES string of the molecule is OCc1cccc(Cl)c1OCc1ccc(Br)cc1Cl. The molecule has 5 heteroatoms. The van der Waals surface area contributed by atoms with Crippen LogP contribution in [-0.2, 0) is 13.2 Å². The molecule has 0 spiro atoms. The lowest BCUT2D eigenvalue weighted by Crippen LogP contribution is -2.00. The highest BCUT2D eigenvalue weighted by Crippen LogP contribution is 2.30. The van der Waals surface area contributed by atoms with E-state index in [1.54, 1.807) is 24.3 Å². The Labute approximate surface area is 130 Å². The van der Waals surface area contributed by atoms with Crippen LogP contribution in [0.1, 0.15) is 11.1 Å². The first-order valence-corrected chi connectivity index (χ1v) is 7.11. The van der Waals surface area contributed by atoms with Crippen molar-refractivity contribution < 1.29 is 9.84 Å². The van der Waals surface area contributed by atoms with Gasteiger partial charge in [-0.1, -0.05) is 57.3 Å². The summed E-state index contributed by atoms with van der Waals surface area (Å²) in [5, 5.41) is 10.3. The van der Waals surface area contributed by atoms with Crippen LogP contribution in [0.15, 0.2) is 40.9 Å². The standard InChI is InChI=1S/C14H11BrCl2O2/c15-11-5-4-10(13(17)6-11)8-19-14-9(7-18)2-1-3-12(14)16/h1-6,18H,7-8H2. The van der Waals surface area contributed by atoms with Gasteiger partial charge in [0.25, 0.3) is 0 Å². The van der Waals surface area contributed by atoms with Gasteiger partial charge >= 0.3 is 0 Å². The van der Waals surface area contributed by atoms with E-state index in [4.69, 9.17) is 27.9 Å². The van der Waals surface area contributed by atoms with E-state index in [1.165, 1.54) is 0 Å². The zero-order chi connectivity index (χ0) is 13.8. The molecule has 2 rings (SSSR count). The Morgan fingerprint density at radius 2 is 1.84 bits per heavy atom. The van der Waals surface area contributed by atoms with Crippen molar-refractivity contribution in [1.29, 1.82) is 0 Å². The van der Waals surface area contributed by atoms with E-state index < -0.39 is 0 Å². The lowest BCUT2D eigenvalue weighted by Gasteiger charge is -2.12. The summed E-state index contributed by atoms with van der Waals surface area (Å²) < 4.78 is 6.59. The average molecular weight is 362 g/mol. The Hall–Kier alpha value is -0.740. The van der Waals surface area contributed by atoms with E-state index in [9.17, 15) is 5.11 Å². The highest BCUT2D eigenvalue weighted by molar-refractivity contribution is 9.10. The van der Waals surface area contributed by atoms with Crippen LogP contribution in [0.5, 0.6) is 5.75 Å². The summed E-state index contributed by atoms with van der Waals surface area (Å²) in [7, 11) is 0. The van der Waals surface area contributed by atoms with Crippen molar-refractivity contribution in [3.05, 3.63) is 62.0 Å². The zero-order valence-corrected chi connectivity index (χ0v) is 13.0. The van der Waals surface area contributed by atoms with Gasteiger partial charge in [0, 0.05) is 20.6 Å². The van der Waals surface area contributed by atoms with Crippen molar-refractivity contribution in [3.63, 3.8) is 0 Å². The van der Waals surface area contributed by atoms with Gasteiger partial charge < -0.3 is 9.84 Å². The maximum atomic E-state index is 9.26. The third kappa shape index (κ3) is 3.63. The van der Waals surface area contributed by atoms with E-state index in [0.717, 1.165) is 10.0 Å². The quantitative estimate of drug-likeness (QED) is 0.845. The van der Waals surface area contributed by atoms with E-state index >= 15 is 0 Å². The number of hydrogen-bond donors (Lipinski definition) is 1. The molecule has 0 amide bonds. The molecule has 0 aliphatic carbocycles. The molecular weight excluding hydrogens is 351 g/mol. The zero-order valence-electron chi connectivity index (χ0n) is 9.87. The van der Waals surface area contributed by atoms with Gasteiger partial charge in [0.15, 0.2) is 0 Å². The Morgan fingerprint density at radius 1 is 1.05 bits per heavy atom. The van der Waals surface area contributed by atoms with Gasteiger partial charge in [-0.3, -0.25) is 0 Å². The second kappa shape index (κ2) is 6.62. The largest absolute Gasteiger partial charge is 0.487 e. The highest BCUT2D eigenvalue weighted by atomic mass is 79.9. The number of ether oxygens (including phenoxy) is 1. The minimum Gasteiger partial charge on any atom is -0.487 e. The van der Waals surface area contributed by atoms with Crippen molar-refractivity contribution >= 4 is 39.1 Å². The molecule has 0 aromatic heterocycles. The van der Waals surface area contributed by atoms with E-state index in [1.807, 2.05) is 12.1 Å². The summed E-state index contributed by atoms with van der Waals surface area (Å²) in [6.07, 6.45) is 0. The summed E-state index contributed by atoms with van der Waals surface area (Å²) in [6.45, 7) is 0.173. The van der Waals surface area contributed by atoms with Crippen molar-refractivity contribution in [2.24, 2.45) is 0 Å². The summed E-state index contributed by atoms with van der Waals surface area (Å²) in [4.78, 5) is 0. The van der Waals surface area contributed by atoms with Crippen molar-refractivity contribution in [3.8, 4) is 5.75 Å². The normalized spacial score (nSPS) is 10.5.